The van der Waals surface area contributed by atoms with Gasteiger partial charge in [0.2, 0.25) is 0 Å². The second kappa shape index (κ2) is 6.30. The molecule has 0 N–H and O–H groups in total. The monoisotopic (exact) mass is 193 g/mol. The van der Waals surface area contributed by atoms with Crippen LogP contribution in [0.5, 0.6) is 11.5 Å². The lowest BCUT2D eigenvalue weighted by Crippen LogP contribution is -1.96. The van der Waals surface area contributed by atoms with Gasteiger partial charge in [0.1, 0.15) is 11.5 Å². The Morgan fingerprint density at radius 2 is 1.64 bits per heavy atom. The molecule has 2 heteroatoms. The third-order valence-corrected chi connectivity index (χ3v) is 1.86. The minimum Gasteiger partial charge on any atom is -0.494 e. The molecule has 0 heterocycles. The predicted molar refractivity (Wildman–Crippen MR) is 57.7 cm³/mol. The molecule has 0 amide bonds. The van der Waals surface area contributed by atoms with Crippen molar-refractivity contribution < 1.29 is 9.47 Å². The Morgan fingerprint density at radius 1 is 1.07 bits per heavy atom. The van der Waals surface area contributed by atoms with E-state index in [2.05, 4.69) is 13.8 Å². The minimum absolute atomic E-state index is 0.454. The summed E-state index contributed by atoms with van der Waals surface area (Å²) in [6.07, 6.45) is 2.25. The number of hydrogen-bond acceptors (Lipinski definition) is 2. The lowest BCUT2D eigenvalue weighted by atomic mass is 10.3. The summed E-state index contributed by atoms with van der Waals surface area (Å²) < 4.78 is 10.7. The molecule has 0 aliphatic carbocycles. The fourth-order valence-corrected chi connectivity index (χ4v) is 1.08. The maximum atomic E-state index is 5.51. The number of benzene rings is 1. The molecule has 1 aromatic carbocycles. The lowest BCUT2D eigenvalue weighted by Gasteiger charge is -2.06. The summed E-state index contributed by atoms with van der Waals surface area (Å²) >= 11 is 0. The summed E-state index contributed by atoms with van der Waals surface area (Å²) in [6, 6.07) is 7.63. The molecule has 0 aromatic heterocycles. The van der Waals surface area contributed by atoms with Crippen LogP contribution >= 0.6 is 0 Å². The van der Waals surface area contributed by atoms with Crippen molar-refractivity contribution in [2.75, 3.05) is 13.2 Å². The van der Waals surface area contributed by atoms with E-state index >= 15 is 0 Å². The predicted octanol–water partition coefficient (Wildman–Crippen LogP) is 3.08. The molecule has 0 fully saturated rings. The molecule has 0 saturated heterocycles. The summed E-state index contributed by atoms with van der Waals surface area (Å²) in [5, 5.41) is 0. The van der Waals surface area contributed by atoms with Crippen LogP contribution in [-0.4, -0.2) is 13.2 Å². The Kier molecular flexibility index (Phi) is 4.90. The van der Waals surface area contributed by atoms with Crippen LogP contribution in [0.15, 0.2) is 24.3 Å². The van der Waals surface area contributed by atoms with Crippen molar-refractivity contribution >= 4 is 0 Å². The van der Waals surface area contributed by atoms with E-state index in [-0.39, 0.29) is 0 Å². The highest BCUT2D eigenvalue weighted by Gasteiger charge is 1.94. The summed E-state index contributed by atoms with van der Waals surface area (Å²) in [7, 11) is 0. The van der Waals surface area contributed by atoms with Gasteiger partial charge >= 0.3 is 0 Å². The first-order chi connectivity index (χ1) is 6.86. The molecule has 0 unspecified atom stereocenters. The van der Waals surface area contributed by atoms with E-state index in [9.17, 15) is 0 Å². The highest BCUT2D eigenvalue weighted by molar-refractivity contribution is 5.31. The SMILES string of the molecule is [CH2]COc1ccc(OCCCC)cc1. The van der Waals surface area contributed by atoms with E-state index in [0.29, 0.717) is 6.61 Å². The summed E-state index contributed by atoms with van der Waals surface area (Å²) in [4.78, 5) is 0. The van der Waals surface area contributed by atoms with Crippen molar-refractivity contribution in [3.05, 3.63) is 31.2 Å². The maximum Gasteiger partial charge on any atom is 0.119 e. The van der Waals surface area contributed by atoms with Gasteiger partial charge in [-0.15, -0.1) is 0 Å². The van der Waals surface area contributed by atoms with E-state index in [1.165, 1.54) is 0 Å². The third kappa shape index (κ3) is 3.69. The quantitative estimate of drug-likeness (QED) is 0.646. The Labute approximate surface area is 85.8 Å². The van der Waals surface area contributed by atoms with E-state index in [0.717, 1.165) is 30.9 Å². The number of unbranched alkanes of at least 4 members (excludes halogenated alkanes) is 1. The highest BCUT2D eigenvalue weighted by Crippen LogP contribution is 2.17. The highest BCUT2D eigenvalue weighted by atomic mass is 16.5. The zero-order chi connectivity index (χ0) is 10.2. The molecule has 77 valence electrons. The molecule has 1 aromatic rings. The molecule has 14 heavy (non-hydrogen) atoms. The van der Waals surface area contributed by atoms with Crippen molar-refractivity contribution in [2.24, 2.45) is 0 Å². The van der Waals surface area contributed by atoms with E-state index in [1.807, 2.05) is 24.3 Å². The largest absolute Gasteiger partial charge is 0.494 e. The van der Waals surface area contributed by atoms with Gasteiger partial charge in [0.25, 0.3) is 0 Å². The zero-order valence-corrected chi connectivity index (χ0v) is 8.66. The van der Waals surface area contributed by atoms with Gasteiger partial charge in [-0.1, -0.05) is 13.3 Å². The molecule has 0 atom stereocenters. The average Bonchev–Trinajstić information content (AvgIpc) is 2.21. The Morgan fingerprint density at radius 3 is 2.14 bits per heavy atom. The maximum absolute atomic E-state index is 5.51. The topological polar surface area (TPSA) is 18.5 Å². The standard InChI is InChI=1S/C12H17O2/c1-3-5-10-14-12-8-6-11(7-9-12)13-4-2/h6-9H,2-5,10H2,1H3. The van der Waals surface area contributed by atoms with Gasteiger partial charge in [-0.05, 0) is 37.6 Å². The Hall–Kier alpha value is -1.18. The van der Waals surface area contributed by atoms with Crippen molar-refractivity contribution in [1.82, 2.24) is 0 Å². The molecule has 0 aliphatic rings. The van der Waals surface area contributed by atoms with E-state index in [4.69, 9.17) is 9.47 Å². The fourth-order valence-electron chi connectivity index (χ4n) is 1.08. The van der Waals surface area contributed by atoms with Crippen LogP contribution in [0.25, 0.3) is 0 Å². The Balaban J connectivity index is 2.38. The molecular weight excluding hydrogens is 176 g/mol. The van der Waals surface area contributed by atoms with Gasteiger partial charge in [0.15, 0.2) is 0 Å². The van der Waals surface area contributed by atoms with Gasteiger partial charge in [-0.3, -0.25) is 0 Å². The van der Waals surface area contributed by atoms with Gasteiger partial charge in [-0.25, -0.2) is 0 Å². The minimum atomic E-state index is 0.454. The second-order valence-corrected chi connectivity index (χ2v) is 3.02. The van der Waals surface area contributed by atoms with Crippen molar-refractivity contribution in [3.63, 3.8) is 0 Å². The van der Waals surface area contributed by atoms with Crippen LogP contribution in [0.2, 0.25) is 0 Å². The average molecular weight is 193 g/mol. The Bertz CT molecular complexity index is 241. The van der Waals surface area contributed by atoms with Gasteiger partial charge in [0, 0.05) is 0 Å². The first-order valence-electron chi connectivity index (χ1n) is 5.01. The second-order valence-electron chi connectivity index (χ2n) is 3.02. The fraction of sp³-hybridized carbons (Fsp3) is 0.417. The van der Waals surface area contributed by atoms with Crippen LogP contribution in [0.4, 0.5) is 0 Å². The molecule has 0 spiro atoms. The van der Waals surface area contributed by atoms with Crippen molar-refractivity contribution in [3.8, 4) is 11.5 Å². The third-order valence-electron chi connectivity index (χ3n) is 1.86. The number of ether oxygens (including phenoxy) is 2. The normalized spacial score (nSPS) is 9.86. The van der Waals surface area contributed by atoms with Crippen LogP contribution in [-0.2, 0) is 0 Å². The lowest BCUT2D eigenvalue weighted by molar-refractivity contribution is 0.308. The van der Waals surface area contributed by atoms with Crippen molar-refractivity contribution in [2.45, 2.75) is 19.8 Å². The smallest absolute Gasteiger partial charge is 0.119 e. The van der Waals surface area contributed by atoms with Crippen LogP contribution < -0.4 is 9.47 Å². The first-order valence-corrected chi connectivity index (χ1v) is 5.01. The zero-order valence-electron chi connectivity index (χ0n) is 8.66. The van der Waals surface area contributed by atoms with Crippen LogP contribution in [0.3, 0.4) is 0 Å². The summed E-state index contributed by atoms with van der Waals surface area (Å²) in [5.74, 6) is 1.73. The molecule has 0 aliphatic heterocycles. The van der Waals surface area contributed by atoms with E-state index < -0.39 is 0 Å². The number of hydrogen-bond donors (Lipinski definition) is 0. The number of rotatable bonds is 6. The van der Waals surface area contributed by atoms with E-state index in [1.54, 1.807) is 0 Å². The first kappa shape index (κ1) is 10.9. The molecule has 1 rings (SSSR count). The molecular formula is C12H17O2. The summed E-state index contributed by atoms with van der Waals surface area (Å²) in [6.45, 7) is 7.00. The van der Waals surface area contributed by atoms with Crippen LogP contribution in [0.1, 0.15) is 19.8 Å². The summed E-state index contributed by atoms with van der Waals surface area (Å²) in [5.41, 5.74) is 0. The molecule has 0 saturated carbocycles. The van der Waals surface area contributed by atoms with Gasteiger partial charge < -0.3 is 9.47 Å². The van der Waals surface area contributed by atoms with Gasteiger partial charge in [-0.2, -0.15) is 0 Å². The molecule has 2 nitrogen and oxygen atoms in total. The molecule has 1 radical (unpaired) electrons. The molecule has 0 bridgehead atoms. The van der Waals surface area contributed by atoms with Gasteiger partial charge in [0.05, 0.1) is 13.2 Å². The van der Waals surface area contributed by atoms with Crippen LogP contribution in [0, 0.1) is 6.92 Å². The van der Waals surface area contributed by atoms with Crippen molar-refractivity contribution in [1.29, 1.82) is 0 Å².